The maximum atomic E-state index is 5.82. The lowest BCUT2D eigenvalue weighted by Gasteiger charge is -2.17. The predicted molar refractivity (Wildman–Crippen MR) is 109 cm³/mol. The Morgan fingerprint density at radius 2 is 1.95 bits per heavy atom. The van der Waals surface area contributed by atoms with Gasteiger partial charge in [0.25, 0.3) is 0 Å². The van der Waals surface area contributed by atoms with Gasteiger partial charge in [-0.3, -0.25) is 4.99 Å². The molecule has 126 valence electrons. The number of para-hydroxylation sites is 1. The van der Waals surface area contributed by atoms with Gasteiger partial charge in [0.2, 0.25) is 0 Å². The Bertz CT molecular complexity index is 404. The Balaban J connectivity index is 0.00000441. The Morgan fingerprint density at radius 3 is 2.59 bits per heavy atom. The van der Waals surface area contributed by atoms with Gasteiger partial charge in [0.05, 0.1) is 6.54 Å². The maximum Gasteiger partial charge on any atom is 0.191 e. The molecule has 0 aliphatic carbocycles. The summed E-state index contributed by atoms with van der Waals surface area (Å²) in [4.78, 5) is 4.22. The number of aliphatic imine (C=N–C) groups is 1. The van der Waals surface area contributed by atoms with Gasteiger partial charge in [-0.05, 0) is 43.9 Å². The van der Waals surface area contributed by atoms with Crippen molar-refractivity contribution in [1.82, 2.24) is 10.6 Å². The van der Waals surface area contributed by atoms with Gasteiger partial charge in [-0.25, -0.2) is 0 Å². The Hall–Kier alpha value is -0.630. The molecular formula is C16H28IN3OS. The molecule has 0 saturated heterocycles. The quantitative estimate of drug-likeness (QED) is 0.269. The zero-order chi connectivity index (χ0) is 15.3. The topological polar surface area (TPSA) is 45.7 Å². The van der Waals surface area contributed by atoms with Gasteiger partial charge in [-0.2, -0.15) is 11.8 Å². The van der Waals surface area contributed by atoms with Gasteiger partial charge in [-0.1, -0.05) is 18.2 Å². The van der Waals surface area contributed by atoms with Crippen LogP contribution >= 0.6 is 35.7 Å². The predicted octanol–water partition coefficient (Wildman–Crippen LogP) is 3.38. The molecule has 0 amide bonds. The lowest BCUT2D eigenvalue weighted by Crippen LogP contribution is -2.42. The highest BCUT2D eigenvalue weighted by molar-refractivity contribution is 14.0. The van der Waals surface area contributed by atoms with Crippen LogP contribution in [0.2, 0.25) is 0 Å². The number of halogens is 1. The lowest BCUT2D eigenvalue weighted by atomic mass is 10.3. The summed E-state index contributed by atoms with van der Waals surface area (Å²) in [6.07, 6.45) is 4.63. The third kappa shape index (κ3) is 10.2. The highest BCUT2D eigenvalue weighted by atomic mass is 127. The molecule has 6 heteroatoms. The van der Waals surface area contributed by atoms with Gasteiger partial charge < -0.3 is 15.4 Å². The molecule has 1 aromatic carbocycles. The highest BCUT2D eigenvalue weighted by Gasteiger charge is 2.05. The summed E-state index contributed by atoms with van der Waals surface area (Å²) in [5.41, 5.74) is 0. The largest absolute Gasteiger partial charge is 0.489 e. The first kappa shape index (κ1) is 21.4. The Kier molecular flexibility index (Phi) is 13.6. The number of unbranched alkanes of at least 4 members (excludes halogenated alkanes) is 1. The van der Waals surface area contributed by atoms with E-state index >= 15 is 0 Å². The molecule has 1 unspecified atom stereocenters. The molecule has 1 aromatic rings. The van der Waals surface area contributed by atoms with E-state index in [9.17, 15) is 0 Å². The van der Waals surface area contributed by atoms with E-state index in [4.69, 9.17) is 4.74 Å². The first-order valence-electron chi connectivity index (χ1n) is 7.41. The second-order valence-electron chi connectivity index (χ2n) is 4.82. The van der Waals surface area contributed by atoms with Crippen LogP contribution in [0.25, 0.3) is 0 Å². The van der Waals surface area contributed by atoms with E-state index in [1.807, 2.05) is 49.0 Å². The van der Waals surface area contributed by atoms with E-state index in [-0.39, 0.29) is 30.1 Å². The highest BCUT2D eigenvalue weighted by Crippen LogP contribution is 2.10. The minimum atomic E-state index is 0. The van der Waals surface area contributed by atoms with Crippen molar-refractivity contribution in [2.24, 2.45) is 4.99 Å². The molecule has 4 nitrogen and oxygen atoms in total. The number of guanidine groups is 1. The fourth-order valence-corrected chi connectivity index (χ4v) is 2.31. The van der Waals surface area contributed by atoms with Crippen molar-refractivity contribution in [1.29, 1.82) is 0 Å². The lowest BCUT2D eigenvalue weighted by molar-refractivity contribution is 0.224. The van der Waals surface area contributed by atoms with Crippen LogP contribution in [-0.2, 0) is 0 Å². The zero-order valence-corrected chi connectivity index (χ0v) is 16.8. The van der Waals surface area contributed by atoms with Crippen molar-refractivity contribution in [2.45, 2.75) is 25.9 Å². The monoisotopic (exact) mass is 437 g/mol. The molecule has 0 saturated carbocycles. The summed E-state index contributed by atoms with van der Waals surface area (Å²) >= 11 is 1.89. The zero-order valence-electron chi connectivity index (χ0n) is 13.7. The van der Waals surface area contributed by atoms with Gasteiger partial charge in [-0.15, -0.1) is 24.0 Å². The third-order valence-corrected chi connectivity index (χ3v) is 3.63. The molecule has 0 aliphatic heterocycles. The van der Waals surface area contributed by atoms with Crippen LogP contribution in [-0.4, -0.2) is 44.2 Å². The summed E-state index contributed by atoms with van der Waals surface area (Å²) < 4.78 is 5.82. The average Bonchev–Trinajstić information content (AvgIpc) is 2.51. The van der Waals surface area contributed by atoms with Gasteiger partial charge in [0, 0.05) is 13.6 Å². The van der Waals surface area contributed by atoms with Crippen LogP contribution in [0.4, 0.5) is 0 Å². The molecule has 0 fully saturated rings. The van der Waals surface area contributed by atoms with E-state index in [1.54, 1.807) is 7.05 Å². The van der Waals surface area contributed by atoms with E-state index in [0.29, 0.717) is 0 Å². The molecule has 1 rings (SSSR count). The van der Waals surface area contributed by atoms with Crippen molar-refractivity contribution in [3.8, 4) is 5.75 Å². The number of thioether (sulfide) groups is 1. The smallest absolute Gasteiger partial charge is 0.191 e. The average molecular weight is 437 g/mol. The first-order valence-corrected chi connectivity index (χ1v) is 8.80. The van der Waals surface area contributed by atoms with Crippen LogP contribution < -0.4 is 15.4 Å². The molecule has 0 radical (unpaired) electrons. The standard InChI is InChI=1S/C16H27N3OS.HI/c1-14(20-15-9-5-4-6-10-15)13-19-16(17-2)18-11-7-8-12-21-3;/h4-6,9-10,14H,7-8,11-13H2,1-3H3,(H2,17,18,19);1H. The molecule has 0 spiro atoms. The minimum absolute atomic E-state index is 0. The molecule has 0 aromatic heterocycles. The van der Waals surface area contributed by atoms with Gasteiger partial charge in [0.1, 0.15) is 11.9 Å². The van der Waals surface area contributed by atoms with E-state index < -0.39 is 0 Å². The maximum absolute atomic E-state index is 5.82. The molecule has 0 heterocycles. The second kappa shape index (κ2) is 14.0. The number of nitrogens with zero attached hydrogens (tertiary/aromatic N) is 1. The Labute approximate surface area is 155 Å². The summed E-state index contributed by atoms with van der Waals surface area (Å²) in [5.74, 6) is 2.95. The van der Waals surface area contributed by atoms with Crippen LogP contribution in [0.5, 0.6) is 5.75 Å². The second-order valence-corrected chi connectivity index (χ2v) is 5.81. The molecule has 0 bridgehead atoms. The number of ether oxygens (including phenoxy) is 1. The Morgan fingerprint density at radius 1 is 1.23 bits per heavy atom. The normalized spacial score (nSPS) is 12.2. The van der Waals surface area contributed by atoms with Crippen LogP contribution in [0, 0.1) is 0 Å². The first-order chi connectivity index (χ1) is 10.3. The number of rotatable bonds is 9. The van der Waals surface area contributed by atoms with Crippen LogP contribution in [0.15, 0.2) is 35.3 Å². The van der Waals surface area contributed by atoms with Crippen LogP contribution in [0.1, 0.15) is 19.8 Å². The third-order valence-electron chi connectivity index (χ3n) is 2.93. The van der Waals surface area contributed by atoms with Gasteiger partial charge >= 0.3 is 0 Å². The van der Waals surface area contributed by atoms with E-state index in [0.717, 1.165) is 31.2 Å². The SMILES string of the molecule is CN=C(NCCCCSC)NCC(C)Oc1ccccc1.I. The summed E-state index contributed by atoms with van der Waals surface area (Å²) in [7, 11) is 1.79. The number of hydrogen-bond acceptors (Lipinski definition) is 3. The fourth-order valence-electron chi connectivity index (χ4n) is 1.81. The number of hydrogen-bond donors (Lipinski definition) is 2. The molecule has 0 aliphatic rings. The van der Waals surface area contributed by atoms with Crippen molar-refractivity contribution in [3.05, 3.63) is 30.3 Å². The van der Waals surface area contributed by atoms with Crippen LogP contribution in [0.3, 0.4) is 0 Å². The number of nitrogens with one attached hydrogen (secondary N) is 2. The van der Waals surface area contributed by atoms with Crippen molar-refractivity contribution < 1.29 is 4.74 Å². The van der Waals surface area contributed by atoms with Gasteiger partial charge in [0.15, 0.2) is 5.96 Å². The summed E-state index contributed by atoms with van der Waals surface area (Å²) in [6, 6.07) is 9.87. The molecule has 2 N–H and O–H groups in total. The van der Waals surface area contributed by atoms with Crippen molar-refractivity contribution in [3.63, 3.8) is 0 Å². The minimum Gasteiger partial charge on any atom is -0.489 e. The van der Waals surface area contributed by atoms with Crippen molar-refractivity contribution in [2.75, 3.05) is 32.1 Å². The summed E-state index contributed by atoms with van der Waals surface area (Å²) in [5, 5.41) is 6.61. The van der Waals surface area contributed by atoms with E-state index in [1.165, 1.54) is 12.2 Å². The molecular weight excluding hydrogens is 409 g/mol. The fraction of sp³-hybridized carbons (Fsp3) is 0.562. The van der Waals surface area contributed by atoms with E-state index in [2.05, 4.69) is 21.9 Å². The molecule has 22 heavy (non-hydrogen) atoms. The van der Waals surface area contributed by atoms with Crippen molar-refractivity contribution >= 4 is 41.7 Å². The summed E-state index contributed by atoms with van der Waals surface area (Å²) in [6.45, 7) is 3.72. The molecule has 1 atom stereocenters. The number of benzene rings is 1.